The van der Waals surface area contributed by atoms with Crippen molar-refractivity contribution in [2.24, 2.45) is 0 Å². The Morgan fingerprint density at radius 1 is 0.351 bits per heavy atom. The Labute approximate surface area is 450 Å². The van der Waals surface area contributed by atoms with Crippen molar-refractivity contribution in [3.05, 3.63) is 211 Å². The minimum atomic E-state index is -0.673. The van der Waals surface area contributed by atoms with Crippen LogP contribution in [0.1, 0.15) is 218 Å². The first-order valence-electron chi connectivity index (χ1n) is 28.6. The molecule has 10 rings (SSSR count). The molecule has 74 heavy (non-hydrogen) atoms. The van der Waals surface area contributed by atoms with Gasteiger partial charge in [0.25, 0.3) is 0 Å². The van der Waals surface area contributed by atoms with E-state index in [1.165, 1.54) is 200 Å². The fourth-order valence-corrected chi connectivity index (χ4v) is 16.0. The molecule has 8 aromatic rings. The fourth-order valence-electron chi connectivity index (χ4n) is 12.8. The SMILES string of the molecule is CCCCCCc1ccc(C2(c3ccc(CCCCCC)cc3)c3cc(C=O)ccc3-c3sc4c5c(sc4c32)-c2ccc(C=O)cc2C5(c2ccc(CCCCCC)cc2)c2ccc(CCCCCC)cc2)cc1. The van der Waals surface area contributed by atoms with Gasteiger partial charge in [0.05, 0.1) is 20.2 Å². The number of fused-ring (bicyclic) bond motifs is 9. The molecular formula is C70H76O2S2. The van der Waals surface area contributed by atoms with Crippen LogP contribution in [0, 0.1) is 0 Å². The molecule has 0 spiro atoms. The first kappa shape index (κ1) is 51.8. The van der Waals surface area contributed by atoms with Crippen LogP contribution in [0.3, 0.4) is 0 Å². The van der Waals surface area contributed by atoms with Crippen molar-refractivity contribution in [1.82, 2.24) is 0 Å². The van der Waals surface area contributed by atoms with Gasteiger partial charge in [-0.1, -0.05) is 226 Å². The van der Waals surface area contributed by atoms with E-state index in [2.05, 4.69) is 149 Å². The van der Waals surface area contributed by atoms with Crippen LogP contribution in [0.25, 0.3) is 30.3 Å². The highest BCUT2D eigenvalue weighted by Crippen LogP contribution is 2.68. The second-order valence-corrected chi connectivity index (χ2v) is 23.7. The predicted octanol–water partition coefficient (Wildman–Crippen LogP) is 19.8. The zero-order valence-electron chi connectivity index (χ0n) is 44.6. The second kappa shape index (κ2) is 23.5. The maximum absolute atomic E-state index is 12.9. The second-order valence-electron chi connectivity index (χ2n) is 21.6. The topological polar surface area (TPSA) is 34.1 Å². The molecule has 0 saturated heterocycles. The standard InChI is InChI=1S/C70H76O2S2/c1-5-9-13-17-21-49-25-35-55(36-26-49)69(56-37-27-50(28-38-56)22-18-14-10-6-2)61-45-53(47-71)33-43-59(61)65-63(69)67-68(73-65)64-66(74-67)60-44-34-54(48-72)46-62(60)70(64,57-39-29-51(30-40-57)23-19-15-11-7-3)58-41-31-52(32-42-58)24-20-16-12-8-4/h25-48H,5-24H2,1-4H3. The molecule has 0 unspecified atom stereocenters. The summed E-state index contributed by atoms with van der Waals surface area (Å²) in [5.74, 6) is 0. The maximum atomic E-state index is 12.9. The van der Waals surface area contributed by atoms with E-state index in [1.807, 2.05) is 34.8 Å². The summed E-state index contributed by atoms with van der Waals surface area (Å²) in [5, 5.41) is 0. The van der Waals surface area contributed by atoms with Gasteiger partial charge >= 0.3 is 0 Å². The third-order valence-electron chi connectivity index (χ3n) is 16.8. The summed E-state index contributed by atoms with van der Waals surface area (Å²) in [6.07, 6.45) is 26.1. The summed E-state index contributed by atoms with van der Waals surface area (Å²) in [6.45, 7) is 9.13. The monoisotopic (exact) mass is 1010 g/mol. The van der Waals surface area contributed by atoms with Crippen molar-refractivity contribution in [2.75, 3.05) is 0 Å². The molecule has 0 N–H and O–H groups in total. The van der Waals surface area contributed by atoms with Crippen molar-refractivity contribution in [1.29, 1.82) is 0 Å². The lowest BCUT2D eigenvalue weighted by Gasteiger charge is -2.35. The van der Waals surface area contributed by atoms with E-state index in [0.29, 0.717) is 11.1 Å². The van der Waals surface area contributed by atoms with Crippen LogP contribution in [0.5, 0.6) is 0 Å². The molecule has 2 aliphatic carbocycles. The summed E-state index contributed by atoms with van der Waals surface area (Å²) in [7, 11) is 0. The van der Waals surface area contributed by atoms with E-state index in [4.69, 9.17) is 0 Å². The van der Waals surface area contributed by atoms with E-state index in [-0.39, 0.29) is 0 Å². The number of carbonyl (C=O) groups is 2. The van der Waals surface area contributed by atoms with Crippen LogP contribution >= 0.6 is 22.7 Å². The minimum Gasteiger partial charge on any atom is -0.298 e. The lowest BCUT2D eigenvalue weighted by Crippen LogP contribution is -2.29. The van der Waals surface area contributed by atoms with Crippen LogP contribution < -0.4 is 0 Å². The van der Waals surface area contributed by atoms with Gasteiger partial charge in [-0.25, -0.2) is 0 Å². The van der Waals surface area contributed by atoms with Crippen LogP contribution in [0.15, 0.2) is 133 Å². The van der Waals surface area contributed by atoms with Crippen LogP contribution in [0.2, 0.25) is 0 Å². The average Bonchev–Trinajstić information content (AvgIpc) is 4.31. The maximum Gasteiger partial charge on any atom is 0.150 e. The Hall–Kier alpha value is -5.68. The molecule has 0 saturated carbocycles. The molecule has 2 heterocycles. The van der Waals surface area contributed by atoms with Crippen molar-refractivity contribution in [2.45, 2.75) is 167 Å². The van der Waals surface area contributed by atoms with Crippen LogP contribution in [-0.2, 0) is 36.5 Å². The molecule has 2 aliphatic rings. The number of benzene rings is 6. The van der Waals surface area contributed by atoms with Gasteiger partial charge in [-0.3, -0.25) is 9.59 Å². The first-order chi connectivity index (χ1) is 36.4. The molecule has 0 aliphatic heterocycles. The largest absolute Gasteiger partial charge is 0.298 e. The van der Waals surface area contributed by atoms with Crippen LogP contribution in [0.4, 0.5) is 0 Å². The summed E-state index contributed by atoms with van der Waals surface area (Å²) in [4.78, 5) is 28.3. The molecule has 0 radical (unpaired) electrons. The Morgan fingerprint density at radius 2 is 0.635 bits per heavy atom. The number of thiophene rings is 2. The van der Waals surface area contributed by atoms with Gasteiger partial charge in [-0.2, -0.15) is 0 Å². The van der Waals surface area contributed by atoms with Crippen molar-refractivity contribution in [3.63, 3.8) is 0 Å². The van der Waals surface area contributed by atoms with Crippen LogP contribution in [-0.4, -0.2) is 12.6 Å². The number of carbonyl (C=O) groups excluding carboxylic acids is 2. The van der Waals surface area contributed by atoms with Crippen molar-refractivity contribution in [3.8, 4) is 20.9 Å². The number of aryl methyl sites for hydroxylation is 4. The average molecular weight is 1010 g/mol. The summed E-state index contributed by atoms with van der Waals surface area (Å²) >= 11 is 3.89. The third kappa shape index (κ3) is 9.53. The molecule has 4 heteroatoms. The first-order valence-corrected chi connectivity index (χ1v) is 30.3. The lowest BCUT2D eigenvalue weighted by atomic mass is 9.66. The predicted molar refractivity (Wildman–Crippen MR) is 316 cm³/mol. The minimum absolute atomic E-state index is 0.673. The van der Waals surface area contributed by atoms with Gasteiger partial charge in [0.15, 0.2) is 0 Å². The van der Waals surface area contributed by atoms with E-state index < -0.39 is 10.8 Å². The number of hydrogen-bond donors (Lipinski definition) is 0. The van der Waals surface area contributed by atoms with Crippen molar-refractivity contribution < 1.29 is 9.59 Å². The molecule has 2 aromatic heterocycles. The highest BCUT2D eigenvalue weighted by molar-refractivity contribution is 7.32. The Kier molecular flexibility index (Phi) is 16.4. The summed E-state index contributed by atoms with van der Waals surface area (Å²) < 4.78 is 2.64. The zero-order chi connectivity index (χ0) is 51.1. The molecule has 380 valence electrons. The molecule has 0 fully saturated rings. The van der Waals surface area contributed by atoms with Gasteiger partial charge in [0, 0.05) is 32.0 Å². The smallest absolute Gasteiger partial charge is 0.150 e. The molecule has 6 aromatic carbocycles. The van der Waals surface area contributed by atoms with Gasteiger partial charge in [0.1, 0.15) is 12.6 Å². The zero-order valence-corrected chi connectivity index (χ0v) is 46.3. The van der Waals surface area contributed by atoms with Gasteiger partial charge in [-0.15, -0.1) is 22.7 Å². The molecule has 0 bridgehead atoms. The lowest BCUT2D eigenvalue weighted by molar-refractivity contribution is 0.111. The van der Waals surface area contributed by atoms with Gasteiger partial charge in [-0.05, 0) is 130 Å². The van der Waals surface area contributed by atoms with E-state index in [9.17, 15) is 9.59 Å². The normalized spacial score (nSPS) is 13.7. The van der Waals surface area contributed by atoms with Crippen molar-refractivity contribution >= 4 is 44.6 Å². The fraction of sp³-hybridized carbons (Fsp3) is 0.371. The van der Waals surface area contributed by atoms with E-state index >= 15 is 0 Å². The highest BCUT2D eigenvalue weighted by atomic mass is 32.1. The molecule has 0 amide bonds. The number of rotatable bonds is 26. The number of unbranched alkanes of at least 4 members (excludes halogenated alkanes) is 12. The molecular weight excluding hydrogens is 937 g/mol. The highest BCUT2D eigenvalue weighted by Gasteiger charge is 2.54. The van der Waals surface area contributed by atoms with E-state index in [1.54, 1.807) is 0 Å². The molecule has 2 nitrogen and oxygen atoms in total. The van der Waals surface area contributed by atoms with Gasteiger partial charge < -0.3 is 0 Å². The van der Waals surface area contributed by atoms with E-state index in [0.717, 1.165) is 38.3 Å². The Morgan fingerprint density at radius 3 is 0.892 bits per heavy atom. The number of aldehydes is 2. The quantitative estimate of drug-likeness (QED) is 0.0400. The number of hydrogen-bond acceptors (Lipinski definition) is 4. The Bertz CT molecular complexity index is 2850. The molecule has 0 atom stereocenters. The van der Waals surface area contributed by atoms with Gasteiger partial charge in [0.2, 0.25) is 0 Å². The third-order valence-corrected chi connectivity index (χ3v) is 19.4. The summed E-state index contributed by atoms with van der Waals surface area (Å²) in [6, 6.07) is 51.3. The summed E-state index contributed by atoms with van der Waals surface area (Å²) in [5.41, 5.74) is 18.0. The Balaban J connectivity index is 1.23.